The highest BCUT2D eigenvalue weighted by Crippen LogP contribution is 2.49. The van der Waals surface area contributed by atoms with Crippen molar-refractivity contribution in [2.24, 2.45) is 5.92 Å². The van der Waals surface area contributed by atoms with Gasteiger partial charge in [-0.1, -0.05) is 77.3 Å². The van der Waals surface area contributed by atoms with Gasteiger partial charge in [-0.3, -0.25) is 14.4 Å². The van der Waals surface area contributed by atoms with Crippen LogP contribution < -0.4 is 9.96 Å². The van der Waals surface area contributed by atoms with E-state index in [0.717, 1.165) is 21.7 Å². The number of benzene rings is 3. The summed E-state index contributed by atoms with van der Waals surface area (Å²) in [5, 5.41) is 2.14. The molecule has 5 rings (SSSR count). The van der Waals surface area contributed by atoms with Crippen molar-refractivity contribution in [3.05, 3.63) is 94.0 Å². The molecule has 2 fully saturated rings. The van der Waals surface area contributed by atoms with E-state index in [2.05, 4.69) is 0 Å². The van der Waals surface area contributed by atoms with Gasteiger partial charge in [0.15, 0.2) is 6.10 Å². The molecule has 31 heavy (non-hydrogen) atoms. The van der Waals surface area contributed by atoms with Crippen LogP contribution in [-0.2, 0) is 14.4 Å². The number of hydrogen-bond donors (Lipinski definition) is 0. The van der Waals surface area contributed by atoms with Gasteiger partial charge >= 0.3 is 0 Å². The number of fused-ring (bicyclic) bond motifs is 1. The van der Waals surface area contributed by atoms with E-state index >= 15 is 0 Å². The largest absolute Gasteiger partial charge is 0.273 e. The minimum Gasteiger partial charge on any atom is -0.273 e. The number of rotatable bonds is 3. The van der Waals surface area contributed by atoms with Gasteiger partial charge in [0.05, 0.1) is 27.5 Å². The second kappa shape index (κ2) is 7.68. The van der Waals surface area contributed by atoms with E-state index in [0.29, 0.717) is 0 Å². The van der Waals surface area contributed by atoms with E-state index in [-0.39, 0.29) is 21.6 Å². The highest BCUT2D eigenvalue weighted by atomic mass is 35.5. The predicted octanol–water partition coefficient (Wildman–Crippen LogP) is 5.35. The van der Waals surface area contributed by atoms with Crippen molar-refractivity contribution >= 4 is 46.4 Å². The second-order valence-corrected chi connectivity index (χ2v) is 8.47. The van der Waals surface area contributed by atoms with Crippen LogP contribution in [0.5, 0.6) is 0 Å². The van der Waals surface area contributed by atoms with Crippen molar-refractivity contribution in [2.75, 3.05) is 9.96 Å². The van der Waals surface area contributed by atoms with Crippen LogP contribution in [0.2, 0.25) is 10.0 Å². The number of hydroxylamine groups is 1. The summed E-state index contributed by atoms with van der Waals surface area (Å²) in [6.45, 7) is 2.00. The Morgan fingerprint density at radius 1 is 0.806 bits per heavy atom. The van der Waals surface area contributed by atoms with Crippen LogP contribution in [-0.4, -0.2) is 17.9 Å². The van der Waals surface area contributed by atoms with Crippen molar-refractivity contribution in [2.45, 2.75) is 19.1 Å². The Hall–Kier alpha value is -2.86. The smallest absolute Gasteiger partial charge is 0.266 e. The van der Waals surface area contributed by atoms with Crippen LogP contribution in [0.3, 0.4) is 0 Å². The zero-order valence-corrected chi connectivity index (χ0v) is 18.0. The van der Waals surface area contributed by atoms with Gasteiger partial charge in [0.25, 0.3) is 5.91 Å². The molecule has 0 N–H and O–H groups in total. The van der Waals surface area contributed by atoms with Crippen LogP contribution in [0.25, 0.3) is 0 Å². The van der Waals surface area contributed by atoms with Crippen LogP contribution in [0.15, 0.2) is 72.8 Å². The first-order valence-electron chi connectivity index (χ1n) is 9.87. The summed E-state index contributed by atoms with van der Waals surface area (Å²) in [6, 6.07) is 21.7. The lowest BCUT2D eigenvalue weighted by molar-refractivity contribution is -0.126. The molecule has 2 amide bonds. The maximum atomic E-state index is 13.6. The Kier molecular flexibility index (Phi) is 4.97. The molecule has 0 saturated carbocycles. The first-order valence-corrected chi connectivity index (χ1v) is 10.6. The van der Waals surface area contributed by atoms with Gasteiger partial charge in [0, 0.05) is 0 Å². The lowest BCUT2D eigenvalue weighted by Gasteiger charge is -2.29. The summed E-state index contributed by atoms with van der Waals surface area (Å²) in [4.78, 5) is 34.1. The molecule has 0 bridgehead atoms. The zero-order chi connectivity index (χ0) is 21.7. The Labute approximate surface area is 189 Å². The van der Waals surface area contributed by atoms with Gasteiger partial charge in [0.1, 0.15) is 5.92 Å². The molecule has 3 unspecified atom stereocenters. The molecule has 2 saturated heterocycles. The number of halogens is 2. The second-order valence-electron chi connectivity index (χ2n) is 7.65. The number of anilines is 2. The van der Waals surface area contributed by atoms with Gasteiger partial charge in [-0.2, -0.15) is 0 Å². The van der Waals surface area contributed by atoms with Crippen molar-refractivity contribution in [1.29, 1.82) is 0 Å². The highest BCUT2D eigenvalue weighted by Gasteiger charge is 2.60. The molecule has 2 heterocycles. The molecule has 0 radical (unpaired) electrons. The van der Waals surface area contributed by atoms with Gasteiger partial charge in [0.2, 0.25) is 5.91 Å². The Balaban J connectivity index is 1.61. The summed E-state index contributed by atoms with van der Waals surface area (Å²) in [5.41, 5.74) is 2.96. The minimum atomic E-state index is -0.966. The molecule has 7 heteroatoms. The summed E-state index contributed by atoms with van der Waals surface area (Å²) >= 11 is 12.6. The maximum absolute atomic E-state index is 13.6. The molecule has 2 aliphatic heterocycles. The number of carbonyl (C=O) groups is 2. The highest BCUT2D eigenvalue weighted by molar-refractivity contribution is 6.42. The van der Waals surface area contributed by atoms with Gasteiger partial charge in [-0.25, -0.2) is 9.96 Å². The quantitative estimate of drug-likeness (QED) is 0.502. The fraction of sp³-hybridized carbons (Fsp3) is 0.167. The van der Waals surface area contributed by atoms with Crippen molar-refractivity contribution in [3.8, 4) is 0 Å². The number of carbonyl (C=O) groups excluding carboxylic acids is 2. The first-order chi connectivity index (χ1) is 15.0. The van der Waals surface area contributed by atoms with E-state index in [9.17, 15) is 9.59 Å². The fourth-order valence-electron chi connectivity index (χ4n) is 4.24. The molecule has 0 aromatic heterocycles. The van der Waals surface area contributed by atoms with Crippen molar-refractivity contribution in [3.63, 3.8) is 0 Å². The molecular weight excluding hydrogens is 435 g/mol. The summed E-state index contributed by atoms with van der Waals surface area (Å²) in [7, 11) is 0. The number of aryl methyl sites for hydroxylation is 1. The van der Waals surface area contributed by atoms with Gasteiger partial charge < -0.3 is 0 Å². The maximum Gasteiger partial charge on any atom is 0.266 e. The summed E-state index contributed by atoms with van der Waals surface area (Å²) in [6.07, 6.45) is -0.966. The van der Waals surface area contributed by atoms with Crippen LogP contribution >= 0.6 is 23.2 Å². The fourth-order valence-corrected chi connectivity index (χ4v) is 4.81. The molecule has 3 atom stereocenters. The summed E-state index contributed by atoms with van der Waals surface area (Å²) < 4.78 is 0. The first kappa shape index (κ1) is 20.1. The van der Waals surface area contributed by atoms with E-state index in [1.165, 1.54) is 0 Å². The summed E-state index contributed by atoms with van der Waals surface area (Å²) in [5.74, 6) is -1.59. The predicted molar refractivity (Wildman–Crippen MR) is 120 cm³/mol. The zero-order valence-electron chi connectivity index (χ0n) is 16.5. The topological polar surface area (TPSA) is 49.9 Å². The molecule has 156 valence electrons. The van der Waals surface area contributed by atoms with Crippen molar-refractivity contribution < 1.29 is 14.4 Å². The van der Waals surface area contributed by atoms with Crippen LogP contribution in [0, 0.1) is 12.8 Å². The number of hydrogen-bond acceptors (Lipinski definition) is 4. The molecular formula is C24H18Cl2N2O3. The Bertz CT molecular complexity index is 1150. The molecule has 3 aromatic carbocycles. The molecule has 0 spiro atoms. The average molecular weight is 453 g/mol. The van der Waals surface area contributed by atoms with Crippen LogP contribution in [0.4, 0.5) is 11.4 Å². The number of nitrogens with zero attached hydrogens (tertiary/aromatic N) is 2. The SMILES string of the molecule is Cc1ccc(C2C3C(=O)N(c4c(Cl)cccc4Cl)C(=O)C3ON2c2ccccc2)cc1. The Morgan fingerprint density at radius 2 is 1.45 bits per heavy atom. The van der Waals surface area contributed by atoms with E-state index in [4.69, 9.17) is 28.0 Å². The molecule has 2 aliphatic rings. The van der Waals surface area contributed by atoms with Gasteiger partial charge in [-0.05, 0) is 36.8 Å². The lowest BCUT2D eigenvalue weighted by atomic mass is 9.90. The molecule has 5 nitrogen and oxygen atoms in total. The standard InChI is InChI=1S/C24H18Cl2N2O3/c1-14-10-12-15(13-11-14)20-19-22(31-28(20)16-6-3-2-4-7-16)24(30)27(23(19)29)21-17(25)8-5-9-18(21)26/h2-13,19-20,22H,1H3. The normalized spacial score (nSPS) is 22.9. The number of imide groups is 1. The van der Waals surface area contributed by atoms with Crippen LogP contribution in [0.1, 0.15) is 17.2 Å². The number of amides is 2. The van der Waals surface area contributed by atoms with Crippen molar-refractivity contribution in [1.82, 2.24) is 0 Å². The van der Waals surface area contributed by atoms with E-state index in [1.54, 1.807) is 23.3 Å². The third-order valence-electron chi connectivity index (χ3n) is 5.71. The Morgan fingerprint density at radius 3 is 2.10 bits per heavy atom. The average Bonchev–Trinajstić information content (AvgIpc) is 3.27. The van der Waals surface area contributed by atoms with Gasteiger partial charge in [-0.15, -0.1) is 0 Å². The van der Waals surface area contributed by atoms with E-state index < -0.39 is 24.0 Å². The van der Waals surface area contributed by atoms with E-state index in [1.807, 2.05) is 61.5 Å². The lowest BCUT2D eigenvalue weighted by Crippen LogP contribution is -2.37. The third-order valence-corrected chi connectivity index (χ3v) is 6.32. The number of para-hydroxylation sites is 2. The molecule has 0 aliphatic carbocycles. The minimum absolute atomic E-state index is 0.202. The monoisotopic (exact) mass is 452 g/mol. The molecule has 3 aromatic rings. The third kappa shape index (κ3) is 3.21.